The molecule has 0 aliphatic heterocycles. The Balaban J connectivity index is 1.84. The van der Waals surface area contributed by atoms with E-state index in [1.165, 1.54) is 0 Å². The quantitative estimate of drug-likeness (QED) is 0.738. The summed E-state index contributed by atoms with van der Waals surface area (Å²) in [5.74, 6) is 1.55. The number of aryl methyl sites for hydroxylation is 1. The van der Waals surface area contributed by atoms with Crippen LogP contribution in [0.15, 0.2) is 18.2 Å². The molecule has 2 rings (SSSR count). The molecule has 0 aromatic heterocycles. The maximum atomic E-state index is 11.8. The van der Waals surface area contributed by atoms with Crippen molar-refractivity contribution in [3.05, 3.63) is 29.3 Å². The first-order valence-corrected chi connectivity index (χ1v) is 7.03. The van der Waals surface area contributed by atoms with E-state index >= 15 is 0 Å². The summed E-state index contributed by atoms with van der Waals surface area (Å²) >= 11 is 0. The molecule has 3 heteroatoms. The molecular formula is C16H22O3. The number of carbonyl (C=O) groups is 1. The smallest absolute Gasteiger partial charge is 0.163 e. The van der Waals surface area contributed by atoms with Crippen molar-refractivity contribution >= 4 is 5.78 Å². The van der Waals surface area contributed by atoms with Gasteiger partial charge in [-0.25, -0.2) is 0 Å². The lowest BCUT2D eigenvalue weighted by Gasteiger charge is -2.16. The van der Waals surface area contributed by atoms with Gasteiger partial charge in [0.1, 0.15) is 12.4 Å². The summed E-state index contributed by atoms with van der Waals surface area (Å²) in [4.78, 5) is 11.8. The third kappa shape index (κ3) is 4.06. The number of ether oxygens (including phenoxy) is 2. The summed E-state index contributed by atoms with van der Waals surface area (Å²) in [7, 11) is 0. The zero-order valence-corrected chi connectivity index (χ0v) is 11.8. The van der Waals surface area contributed by atoms with Crippen molar-refractivity contribution in [2.24, 2.45) is 5.92 Å². The SMILES string of the molecule is CC(C)COCCOc1ccc2c(c1)C(=O)CCC2. The van der Waals surface area contributed by atoms with Gasteiger partial charge in [0.25, 0.3) is 0 Å². The summed E-state index contributed by atoms with van der Waals surface area (Å²) < 4.78 is 11.1. The fourth-order valence-corrected chi connectivity index (χ4v) is 2.23. The highest BCUT2D eigenvalue weighted by atomic mass is 16.5. The highest BCUT2D eigenvalue weighted by Crippen LogP contribution is 2.25. The van der Waals surface area contributed by atoms with Gasteiger partial charge >= 0.3 is 0 Å². The van der Waals surface area contributed by atoms with Gasteiger partial charge < -0.3 is 9.47 Å². The summed E-state index contributed by atoms with van der Waals surface area (Å²) in [6.45, 7) is 6.11. The minimum atomic E-state index is 0.239. The third-order valence-electron chi connectivity index (χ3n) is 3.18. The predicted octanol–water partition coefficient (Wildman–Crippen LogP) is 3.26. The van der Waals surface area contributed by atoms with Gasteiger partial charge in [-0.2, -0.15) is 0 Å². The highest BCUT2D eigenvalue weighted by molar-refractivity contribution is 5.98. The minimum absolute atomic E-state index is 0.239. The number of Topliss-reactive ketones (excluding diaryl/α,β-unsaturated/α-hetero) is 1. The largest absolute Gasteiger partial charge is 0.491 e. The molecule has 0 amide bonds. The number of carbonyl (C=O) groups excluding carboxylic acids is 1. The van der Waals surface area contributed by atoms with Gasteiger partial charge in [-0.3, -0.25) is 4.79 Å². The number of benzene rings is 1. The van der Waals surface area contributed by atoms with Gasteiger partial charge in [0.2, 0.25) is 0 Å². The van der Waals surface area contributed by atoms with Gasteiger partial charge in [-0.15, -0.1) is 0 Å². The standard InChI is InChI=1S/C16H22O3/c1-12(2)11-18-8-9-19-14-7-6-13-4-3-5-16(17)15(13)10-14/h6-7,10,12H,3-5,8-9,11H2,1-2H3. The number of ketones is 1. The Hall–Kier alpha value is -1.35. The maximum absolute atomic E-state index is 11.8. The molecule has 0 fully saturated rings. The lowest BCUT2D eigenvalue weighted by Crippen LogP contribution is -2.12. The summed E-state index contributed by atoms with van der Waals surface area (Å²) in [6, 6.07) is 5.83. The molecule has 0 atom stereocenters. The minimum Gasteiger partial charge on any atom is -0.491 e. The zero-order chi connectivity index (χ0) is 13.7. The number of hydrogen-bond acceptors (Lipinski definition) is 3. The van der Waals surface area contributed by atoms with Crippen LogP contribution in [0.25, 0.3) is 0 Å². The second-order valence-electron chi connectivity index (χ2n) is 5.41. The summed E-state index contributed by atoms with van der Waals surface area (Å²) in [6.07, 6.45) is 2.63. The molecule has 0 saturated carbocycles. The third-order valence-corrected chi connectivity index (χ3v) is 3.18. The Morgan fingerprint density at radius 2 is 2.05 bits per heavy atom. The molecule has 0 spiro atoms. The molecule has 0 saturated heterocycles. The van der Waals surface area contributed by atoms with E-state index in [2.05, 4.69) is 13.8 Å². The van der Waals surface area contributed by atoms with Gasteiger partial charge in [0.05, 0.1) is 6.61 Å². The van der Waals surface area contributed by atoms with Crippen LogP contribution in [0, 0.1) is 5.92 Å². The first-order chi connectivity index (χ1) is 9.16. The average Bonchev–Trinajstić information content (AvgIpc) is 2.39. The van der Waals surface area contributed by atoms with E-state index in [1.54, 1.807) is 0 Å². The Labute approximate surface area is 114 Å². The first-order valence-electron chi connectivity index (χ1n) is 7.03. The highest BCUT2D eigenvalue weighted by Gasteiger charge is 2.17. The molecule has 1 aromatic carbocycles. The molecule has 0 heterocycles. The van der Waals surface area contributed by atoms with E-state index in [-0.39, 0.29) is 5.78 Å². The lowest BCUT2D eigenvalue weighted by molar-refractivity contribution is 0.0818. The Kier molecular flexibility index (Phi) is 4.97. The van der Waals surface area contributed by atoms with Crippen LogP contribution in [0.1, 0.15) is 42.6 Å². The Morgan fingerprint density at radius 3 is 2.84 bits per heavy atom. The lowest BCUT2D eigenvalue weighted by atomic mass is 9.90. The van der Waals surface area contributed by atoms with Gasteiger partial charge in [0, 0.05) is 18.6 Å². The maximum Gasteiger partial charge on any atom is 0.163 e. The average molecular weight is 262 g/mol. The summed E-state index contributed by atoms with van der Waals surface area (Å²) in [5, 5.41) is 0. The van der Waals surface area contributed by atoms with Crippen molar-refractivity contribution in [3.8, 4) is 5.75 Å². The van der Waals surface area contributed by atoms with Crippen LogP contribution >= 0.6 is 0 Å². The molecule has 1 aliphatic carbocycles. The molecular weight excluding hydrogens is 240 g/mol. The topological polar surface area (TPSA) is 35.5 Å². The zero-order valence-electron chi connectivity index (χ0n) is 11.8. The van der Waals surface area contributed by atoms with Crippen LogP contribution in [-0.2, 0) is 11.2 Å². The van der Waals surface area contributed by atoms with Gasteiger partial charge in [-0.05, 0) is 36.5 Å². The molecule has 0 N–H and O–H groups in total. The molecule has 0 radical (unpaired) electrons. The van der Waals surface area contributed by atoms with E-state index < -0.39 is 0 Å². The normalized spacial score (nSPS) is 14.6. The van der Waals surface area contributed by atoms with Crippen LogP contribution in [0.5, 0.6) is 5.75 Å². The second kappa shape index (κ2) is 6.71. The molecule has 19 heavy (non-hydrogen) atoms. The fraction of sp³-hybridized carbons (Fsp3) is 0.562. The van der Waals surface area contributed by atoms with Crippen LogP contribution in [-0.4, -0.2) is 25.6 Å². The van der Waals surface area contributed by atoms with E-state index in [9.17, 15) is 4.79 Å². The number of fused-ring (bicyclic) bond motifs is 1. The summed E-state index contributed by atoms with van der Waals surface area (Å²) in [5.41, 5.74) is 1.99. The fourth-order valence-electron chi connectivity index (χ4n) is 2.23. The van der Waals surface area contributed by atoms with E-state index in [1.807, 2.05) is 18.2 Å². The molecule has 1 aliphatic rings. The van der Waals surface area contributed by atoms with Gasteiger partial charge in [0.15, 0.2) is 5.78 Å². The Bertz CT molecular complexity index is 438. The van der Waals surface area contributed by atoms with Crippen molar-refractivity contribution in [3.63, 3.8) is 0 Å². The van der Waals surface area contributed by atoms with Crippen LogP contribution in [0.4, 0.5) is 0 Å². The molecule has 1 aromatic rings. The van der Waals surface area contributed by atoms with E-state index in [0.717, 1.165) is 36.3 Å². The second-order valence-corrected chi connectivity index (χ2v) is 5.41. The first kappa shape index (κ1) is 14.1. The monoisotopic (exact) mass is 262 g/mol. The molecule has 3 nitrogen and oxygen atoms in total. The molecule has 0 bridgehead atoms. The molecule has 104 valence electrons. The van der Waals surface area contributed by atoms with Gasteiger partial charge in [-0.1, -0.05) is 19.9 Å². The van der Waals surface area contributed by atoms with Crippen molar-refractivity contribution in [2.45, 2.75) is 33.1 Å². The van der Waals surface area contributed by atoms with Crippen LogP contribution in [0.3, 0.4) is 0 Å². The number of hydrogen-bond donors (Lipinski definition) is 0. The van der Waals surface area contributed by atoms with Crippen LogP contribution < -0.4 is 4.74 Å². The van der Waals surface area contributed by atoms with Crippen molar-refractivity contribution in [1.82, 2.24) is 0 Å². The van der Waals surface area contributed by atoms with Crippen molar-refractivity contribution in [1.29, 1.82) is 0 Å². The molecule has 0 unspecified atom stereocenters. The van der Waals surface area contributed by atoms with E-state index in [4.69, 9.17) is 9.47 Å². The van der Waals surface area contributed by atoms with Crippen molar-refractivity contribution in [2.75, 3.05) is 19.8 Å². The predicted molar refractivity (Wildman–Crippen MR) is 74.9 cm³/mol. The van der Waals surface area contributed by atoms with Crippen molar-refractivity contribution < 1.29 is 14.3 Å². The van der Waals surface area contributed by atoms with Crippen LogP contribution in [0.2, 0.25) is 0 Å². The Morgan fingerprint density at radius 1 is 1.21 bits per heavy atom. The van der Waals surface area contributed by atoms with E-state index in [0.29, 0.717) is 25.6 Å². The number of rotatable bonds is 6.